The zero-order valence-electron chi connectivity index (χ0n) is 10.5. The molecule has 1 aliphatic carbocycles. The number of carbonyl (C=O) groups excluding carboxylic acids is 1. The lowest BCUT2D eigenvalue weighted by atomic mass is 9.82. The van der Waals surface area contributed by atoms with E-state index in [9.17, 15) is 4.79 Å². The Labute approximate surface area is 93.4 Å². The van der Waals surface area contributed by atoms with Crippen molar-refractivity contribution in [1.29, 1.82) is 0 Å². The van der Waals surface area contributed by atoms with Gasteiger partial charge in [-0.1, -0.05) is 27.7 Å². The first-order valence-corrected chi connectivity index (χ1v) is 6.23. The van der Waals surface area contributed by atoms with Gasteiger partial charge in [-0.3, -0.25) is 4.79 Å². The van der Waals surface area contributed by atoms with E-state index in [0.717, 1.165) is 19.3 Å². The van der Waals surface area contributed by atoms with E-state index in [-0.39, 0.29) is 18.0 Å². The van der Waals surface area contributed by atoms with Gasteiger partial charge in [-0.05, 0) is 37.5 Å². The molecule has 0 bridgehead atoms. The van der Waals surface area contributed by atoms with Crippen molar-refractivity contribution >= 4 is 5.97 Å². The van der Waals surface area contributed by atoms with Crippen LogP contribution in [0, 0.1) is 17.8 Å². The normalized spacial score (nSPS) is 33.5. The molecule has 15 heavy (non-hydrogen) atoms. The molecule has 2 nitrogen and oxygen atoms in total. The van der Waals surface area contributed by atoms with Crippen molar-refractivity contribution in [3.8, 4) is 0 Å². The Morgan fingerprint density at radius 1 is 1.27 bits per heavy atom. The first kappa shape index (κ1) is 12.5. The third-order valence-electron chi connectivity index (χ3n) is 3.43. The molecule has 2 heteroatoms. The molecule has 1 saturated carbocycles. The lowest BCUT2D eigenvalue weighted by molar-refractivity contribution is -0.156. The van der Waals surface area contributed by atoms with Gasteiger partial charge in [0, 0.05) is 0 Å². The summed E-state index contributed by atoms with van der Waals surface area (Å²) in [6.45, 7) is 8.47. The summed E-state index contributed by atoms with van der Waals surface area (Å²) in [6.07, 6.45) is 4.41. The van der Waals surface area contributed by atoms with Crippen LogP contribution >= 0.6 is 0 Å². The molecule has 1 aliphatic rings. The van der Waals surface area contributed by atoms with Gasteiger partial charge >= 0.3 is 5.97 Å². The second kappa shape index (κ2) is 5.53. The van der Waals surface area contributed by atoms with Crippen LogP contribution in [-0.2, 0) is 9.53 Å². The Kier molecular flexibility index (Phi) is 4.62. The Hall–Kier alpha value is -0.530. The summed E-state index contributed by atoms with van der Waals surface area (Å²) in [5.74, 6) is 1.44. The fraction of sp³-hybridized carbons (Fsp3) is 0.923. The highest BCUT2D eigenvalue weighted by Gasteiger charge is 2.27. The number of hydrogen-bond donors (Lipinski definition) is 0. The minimum atomic E-state index is -0.0104. The number of hydrogen-bond acceptors (Lipinski definition) is 2. The van der Waals surface area contributed by atoms with Gasteiger partial charge in [0.05, 0.1) is 5.92 Å². The molecule has 0 aromatic carbocycles. The number of esters is 1. The van der Waals surface area contributed by atoms with Gasteiger partial charge in [0.25, 0.3) is 0 Å². The Morgan fingerprint density at radius 2 is 1.80 bits per heavy atom. The summed E-state index contributed by atoms with van der Waals surface area (Å²) in [5.41, 5.74) is 0. The molecule has 0 N–H and O–H groups in total. The Bertz CT molecular complexity index is 203. The number of ether oxygens (including phenoxy) is 1. The van der Waals surface area contributed by atoms with Gasteiger partial charge in [0.15, 0.2) is 0 Å². The predicted molar refractivity (Wildman–Crippen MR) is 61.5 cm³/mol. The molecular weight excluding hydrogens is 188 g/mol. The van der Waals surface area contributed by atoms with E-state index in [1.165, 1.54) is 6.42 Å². The second-order valence-corrected chi connectivity index (χ2v) is 5.29. The quantitative estimate of drug-likeness (QED) is 0.670. The van der Waals surface area contributed by atoms with Gasteiger partial charge in [0.2, 0.25) is 0 Å². The van der Waals surface area contributed by atoms with Crippen LogP contribution in [-0.4, -0.2) is 12.1 Å². The molecule has 0 spiro atoms. The van der Waals surface area contributed by atoms with Crippen LogP contribution in [0.5, 0.6) is 0 Å². The SMILES string of the molecule is CCC(C)C(=O)OC1CC(C)CC(C)C1. The van der Waals surface area contributed by atoms with E-state index in [2.05, 4.69) is 13.8 Å². The second-order valence-electron chi connectivity index (χ2n) is 5.29. The minimum absolute atomic E-state index is 0.0104. The summed E-state index contributed by atoms with van der Waals surface area (Å²) >= 11 is 0. The maximum absolute atomic E-state index is 11.6. The van der Waals surface area contributed by atoms with Crippen molar-refractivity contribution in [3.05, 3.63) is 0 Å². The summed E-state index contributed by atoms with van der Waals surface area (Å²) in [4.78, 5) is 11.6. The topological polar surface area (TPSA) is 26.3 Å². The molecule has 0 saturated heterocycles. The minimum Gasteiger partial charge on any atom is -0.462 e. The highest BCUT2D eigenvalue weighted by atomic mass is 16.5. The molecule has 88 valence electrons. The molecule has 0 aromatic rings. The van der Waals surface area contributed by atoms with Gasteiger partial charge in [-0.15, -0.1) is 0 Å². The predicted octanol–water partition coefficient (Wildman–Crippen LogP) is 3.40. The average Bonchev–Trinajstić information content (AvgIpc) is 2.14. The van der Waals surface area contributed by atoms with Crippen molar-refractivity contribution in [3.63, 3.8) is 0 Å². The molecule has 1 fully saturated rings. The van der Waals surface area contributed by atoms with Crippen LogP contribution in [0.3, 0.4) is 0 Å². The summed E-state index contributed by atoms with van der Waals surface area (Å²) in [7, 11) is 0. The van der Waals surface area contributed by atoms with Gasteiger partial charge in [0.1, 0.15) is 6.10 Å². The van der Waals surface area contributed by atoms with Crippen molar-refractivity contribution in [2.75, 3.05) is 0 Å². The van der Waals surface area contributed by atoms with Crippen LogP contribution in [0.15, 0.2) is 0 Å². The lowest BCUT2D eigenvalue weighted by Gasteiger charge is -2.31. The van der Waals surface area contributed by atoms with E-state index >= 15 is 0 Å². The fourth-order valence-corrected chi connectivity index (χ4v) is 2.42. The fourth-order valence-electron chi connectivity index (χ4n) is 2.42. The van der Waals surface area contributed by atoms with Crippen LogP contribution in [0.2, 0.25) is 0 Å². The van der Waals surface area contributed by atoms with E-state index < -0.39 is 0 Å². The average molecular weight is 212 g/mol. The molecule has 3 atom stereocenters. The summed E-state index contributed by atoms with van der Waals surface area (Å²) < 4.78 is 5.55. The van der Waals surface area contributed by atoms with Crippen LogP contribution < -0.4 is 0 Å². The van der Waals surface area contributed by atoms with Crippen molar-refractivity contribution in [2.24, 2.45) is 17.8 Å². The highest BCUT2D eigenvalue weighted by molar-refractivity contribution is 5.72. The standard InChI is InChI=1S/C13H24O2/c1-5-11(4)13(14)15-12-7-9(2)6-10(3)8-12/h9-12H,5-8H2,1-4H3. The Morgan fingerprint density at radius 3 is 2.27 bits per heavy atom. The van der Waals surface area contributed by atoms with Crippen molar-refractivity contribution in [2.45, 2.75) is 59.5 Å². The lowest BCUT2D eigenvalue weighted by Crippen LogP contribution is -2.30. The first-order chi connectivity index (χ1) is 7.02. The maximum Gasteiger partial charge on any atom is 0.308 e. The van der Waals surface area contributed by atoms with Gasteiger partial charge < -0.3 is 4.74 Å². The van der Waals surface area contributed by atoms with Crippen molar-refractivity contribution < 1.29 is 9.53 Å². The smallest absolute Gasteiger partial charge is 0.308 e. The van der Waals surface area contributed by atoms with E-state index in [1.807, 2.05) is 13.8 Å². The van der Waals surface area contributed by atoms with Gasteiger partial charge in [-0.25, -0.2) is 0 Å². The molecule has 3 unspecified atom stereocenters. The van der Waals surface area contributed by atoms with Crippen LogP contribution in [0.25, 0.3) is 0 Å². The van der Waals surface area contributed by atoms with Crippen molar-refractivity contribution in [1.82, 2.24) is 0 Å². The van der Waals surface area contributed by atoms with Crippen LogP contribution in [0.1, 0.15) is 53.4 Å². The maximum atomic E-state index is 11.6. The monoisotopic (exact) mass is 212 g/mol. The largest absolute Gasteiger partial charge is 0.462 e. The zero-order chi connectivity index (χ0) is 11.4. The Balaban J connectivity index is 2.40. The molecule has 0 heterocycles. The van der Waals surface area contributed by atoms with Crippen LogP contribution in [0.4, 0.5) is 0 Å². The first-order valence-electron chi connectivity index (χ1n) is 6.23. The number of rotatable bonds is 3. The third kappa shape index (κ3) is 3.84. The molecular formula is C13H24O2. The zero-order valence-corrected chi connectivity index (χ0v) is 10.5. The van der Waals surface area contributed by atoms with Gasteiger partial charge in [-0.2, -0.15) is 0 Å². The summed E-state index contributed by atoms with van der Waals surface area (Å²) in [5, 5.41) is 0. The van der Waals surface area contributed by atoms with E-state index in [4.69, 9.17) is 4.74 Å². The molecule has 0 aromatic heterocycles. The number of carbonyl (C=O) groups is 1. The molecule has 0 amide bonds. The molecule has 0 aliphatic heterocycles. The molecule has 1 rings (SSSR count). The summed E-state index contributed by atoms with van der Waals surface area (Å²) in [6, 6.07) is 0. The highest BCUT2D eigenvalue weighted by Crippen LogP contribution is 2.30. The van der Waals surface area contributed by atoms with E-state index in [0.29, 0.717) is 11.8 Å². The third-order valence-corrected chi connectivity index (χ3v) is 3.43. The molecule has 0 radical (unpaired) electrons. The van der Waals surface area contributed by atoms with E-state index in [1.54, 1.807) is 0 Å².